The lowest BCUT2D eigenvalue weighted by Gasteiger charge is -2.27. The van der Waals surface area contributed by atoms with Gasteiger partial charge < -0.3 is 9.64 Å². The highest BCUT2D eigenvalue weighted by molar-refractivity contribution is 6.20. The zero-order valence-electron chi connectivity index (χ0n) is 10.7. The van der Waals surface area contributed by atoms with Gasteiger partial charge in [0.25, 0.3) is 0 Å². The minimum atomic E-state index is -0.570. The lowest BCUT2D eigenvalue weighted by Crippen LogP contribution is -2.39. The minimum Gasteiger partial charge on any atom is -0.497 e. The van der Waals surface area contributed by atoms with Crippen LogP contribution in [0.3, 0.4) is 0 Å². The Kier molecular flexibility index (Phi) is 4.40. The van der Waals surface area contributed by atoms with Gasteiger partial charge in [0.05, 0.1) is 12.5 Å². The van der Waals surface area contributed by atoms with Crippen molar-refractivity contribution in [1.29, 1.82) is 0 Å². The van der Waals surface area contributed by atoms with E-state index in [1.807, 2.05) is 38.1 Å². The van der Waals surface area contributed by atoms with E-state index < -0.39 is 5.41 Å². The topological polar surface area (TPSA) is 29.5 Å². The molecule has 1 aromatic carbocycles. The highest BCUT2D eigenvalue weighted by Crippen LogP contribution is 2.26. The number of nitrogens with zero attached hydrogens (tertiary/aromatic N) is 1. The van der Waals surface area contributed by atoms with E-state index >= 15 is 0 Å². The molecule has 3 nitrogen and oxygen atoms in total. The Morgan fingerprint density at radius 3 is 2.65 bits per heavy atom. The molecule has 0 aliphatic heterocycles. The fourth-order valence-corrected chi connectivity index (χ4v) is 1.56. The quantitative estimate of drug-likeness (QED) is 0.775. The number of carbonyl (C=O) groups is 1. The van der Waals surface area contributed by atoms with Crippen LogP contribution in [0.1, 0.15) is 13.8 Å². The molecule has 17 heavy (non-hydrogen) atoms. The minimum absolute atomic E-state index is 0.0132. The number of alkyl halides is 1. The highest BCUT2D eigenvalue weighted by Gasteiger charge is 2.30. The van der Waals surface area contributed by atoms with Crippen LogP contribution < -0.4 is 9.64 Å². The molecular weight excluding hydrogens is 238 g/mol. The first-order valence-electron chi connectivity index (χ1n) is 5.40. The van der Waals surface area contributed by atoms with Gasteiger partial charge in [0.15, 0.2) is 0 Å². The Morgan fingerprint density at radius 2 is 2.12 bits per heavy atom. The van der Waals surface area contributed by atoms with Gasteiger partial charge >= 0.3 is 0 Å². The molecule has 0 aliphatic carbocycles. The molecule has 0 fully saturated rings. The summed E-state index contributed by atoms with van der Waals surface area (Å²) in [7, 11) is 3.34. The third-order valence-corrected chi connectivity index (χ3v) is 3.33. The smallest absolute Gasteiger partial charge is 0.233 e. The second kappa shape index (κ2) is 5.41. The summed E-state index contributed by atoms with van der Waals surface area (Å²) >= 11 is 5.81. The summed E-state index contributed by atoms with van der Waals surface area (Å²) in [6, 6.07) is 7.38. The highest BCUT2D eigenvalue weighted by atomic mass is 35.5. The molecule has 0 unspecified atom stereocenters. The predicted octanol–water partition coefficient (Wildman–Crippen LogP) is 2.92. The first kappa shape index (κ1) is 13.8. The first-order valence-corrected chi connectivity index (χ1v) is 5.94. The van der Waals surface area contributed by atoms with Crippen molar-refractivity contribution in [3.63, 3.8) is 0 Å². The molecule has 0 saturated heterocycles. The summed E-state index contributed by atoms with van der Waals surface area (Å²) in [5.74, 6) is 1.01. The van der Waals surface area contributed by atoms with Gasteiger partial charge in [-0.05, 0) is 26.0 Å². The number of amides is 1. The van der Waals surface area contributed by atoms with Crippen LogP contribution in [0.5, 0.6) is 5.75 Å². The Hall–Kier alpha value is -1.22. The first-order chi connectivity index (χ1) is 7.92. The zero-order chi connectivity index (χ0) is 13.1. The third kappa shape index (κ3) is 3.13. The normalized spacial score (nSPS) is 11.1. The number of rotatable bonds is 4. The van der Waals surface area contributed by atoms with Crippen LogP contribution in [-0.2, 0) is 4.79 Å². The van der Waals surface area contributed by atoms with Gasteiger partial charge in [-0.3, -0.25) is 4.79 Å². The molecule has 0 saturated carbocycles. The average Bonchev–Trinajstić information content (AvgIpc) is 2.37. The van der Waals surface area contributed by atoms with E-state index in [1.54, 1.807) is 19.1 Å². The SMILES string of the molecule is COc1cccc(N(C)C(=O)C(C)(C)CCl)c1. The van der Waals surface area contributed by atoms with Crippen molar-refractivity contribution in [2.45, 2.75) is 13.8 Å². The summed E-state index contributed by atoms with van der Waals surface area (Å²) in [6.07, 6.45) is 0. The Labute approximate surface area is 107 Å². The second-order valence-electron chi connectivity index (χ2n) is 4.58. The summed E-state index contributed by atoms with van der Waals surface area (Å²) in [4.78, 5) is 13.8. The van der Waals surface area contributed by atoms with Crippen LogP contribution in [0, 0.1) is 5.41 Å². The summed E-state index contributed by atoms with van der Waals surface area (Å²) in [6.45, 7) is 3.66. The van der Waals surface area contributed by atoms with E-state index in [0.717, 1.165) is 11.4 Å². The van der Waals surface area contributed by atoms with Crippen molar-refractivity contribution in [3.05, 3.63) is 24.3 Å². The molecule has 1 rings (SSSR count). The molecule has 0 radical (unpaired) electrons. The van der Waals surface area contributed by atoms with E-state index in [4.69, 9.17) is 16.3 Å². The molecule has 0 atom stereocenters. The maximum absolute atomic E-state index is 12.2. The Morgan fingerprint density at radius 1 is 1.47 bits per heavy atom. The standard InChI is InChI=1S/C13H18ClNO2/c1-13(2,9-14)12(16)15(3)10-6-5-7-11(8-10)17-4/h5-8H,9H2,1-4H3. The monoisotopic (exact) mass is 255 g/mol. The Balaban J connectivity index is 2.96. The number of carbonyl (C=O) groups excluding carboxylic acids is 1. The Bertz CT molecular complexity index is 404. The molecule has 0 spiro atoms. The molecule has 4 heteroatoms. The molecular formula is C13H18ClNO2. The van der Waals surface area contributed by atoms with Gasteiger partial charge in [-0.25, -0.2) is 0 Å². The number of hydrogen-bond donors (Lipinski definition) is 0. The largest absolute Gasteiger partial charge is 0.497 e. The third-order valence-electron chi connectivity index (χ3n) is 2.66. The predicted molar refractivity (Wildman–Crippen MR) is 70.9 cm³/mol. The number of methoxy groups -OCH3 is 1. The maximum atomic E-state index is 12.2. The molecule has 0 bridgehead atoms. The van der Waals surface area contributed by atoms with Crippen LogP contribution in [-0.4, -0.2) is 25.9 Å². The number of anilines is 1. The molecule has 0 N–H and O–H groups in total. The van der Waals surface area contributed by atoms with E-state index in [2.05, 4.69) is 0 Å². The number of benzene rings is 1. The van der Waals surface area contributed by atoms with Gasteiger partial charge in [0, 0.05) is 24.7 Å². The average molecular weight is 256 g/mol. The van der Waals surface area contributed by atoms with Crippen molar-refractivity contribution < 1.29 is 9.53 Å². The van der Waals surface area contributed by atoms with E-state index in [1.165, 1.54) is 0 Å². The lowest BCUT2D eigenvalue weighted by atomic mass is 9.94. The van der Waals surface area contributed by atoms with Gasteiger partial charge in [0.1, 0.15) is 5.75 Å². The van der Waals surface area contributed by atoms with Crippen LogP contribution in [0.2, 0.25) is 0 Å². The summed E-state index contributed by atoms with van der Waals surface area (Å²) < 4.78 is 5.13. The van der Waals surface area contributed by atoms with E-state index in [0.29, 0.717) is 5.88 Å². The van der Waals surface area contributed by atoms with Gasteiger partial charge in [0.2, 0.25) is 5.91 Å². The van der Waals surface area contributed by atoms with Gasteiger partial charge in [-0.15, -0.1) is 11.6 Å². The molecule has 0 aliphatic rings. The van der Waals surface area contributed by atoms with Crippen molar-refractivity contribution >= 4 is 23.2 Å². The summed E-state index contributed by atoms with van der Waals surface area (Å²) in [5.41, 5.74) is 0.229. The van der Waals surface area contributed by atoms with Crippen LogP contribution in [0.25, 0.3) is 0 Å². The van der Waals surface area contributed by atoms with Crippen molar-refractivity contribution in [2.75, 3.05) is 24.9 Å². The molecule has 94 valence electrons. The fraction of sp³-hybridized carbons (Fsp3) is 0.462. The van der Waals surface area contributed by atoms with Gasteiger partial charge in [-0.2, -0.15) is 0 Å². The molecule has 1 aromatic rings. The molecule has 0 heterocycles. The van der Waals surface area contributed by atoms with Gasteiger partial charge in [-0.1, -0.05) is 6.07 Å². The zero-order valence-corrected chi connectivity index (χ0v) is 11.4. The van der Waals surface area contributed by atoms with E-state index in [9.17, 15) is 4.79 Å². The fourth-order valence-electron chi connectivity index (χ4n) is 1.45. The number of halogens is 1. The maximum Gasteiger partial charge on any atom is 0.233 e. The van der Waals surface area contributed by atoms with E-state index in [-0.39, 0.29) is 5.91 Å². The van der Waals surface area contributed by atoms with Crippen LogP contribution in [0.4, 0.5) is 5.69 Å². The second-order valence-corrected chi connectivity index (χ2v) is 4.85. The van der Waals surface area contributed by atoms with Crippen LogP contribution >= 0.6 is 11.6 Å². The van der Waals surface area contributed by atoms with Crippen molar-refractivity contribution in [2.24, 2.45) is 5.41 Å². The molecule has 1 amide bonds. The number of ether oxygens (including phenoxy) is 1. The lowest BCUT2D eigenvalue weighted by molar-refractivity contribution is -0.125. The number of hydrogen-bond acceptors (Lipinski definition) is 2. The molecule has 0 aromatic heterocycles. The van der Waals surface area contributed by atoms with Crippen LogP contribution in [0.15, 0.2) is 24.3 Å². The summed E-state index contributed by atoms with van der Waals surface area (Å²) in [5, 5.41) is 0. The van der Waals surface area contributed by atoms with Crippen molar-refractivity contribution in [3.8, 4) is 5.75 Å². The van der Waals surface area contributed by atoms with Crippen molar-refractivity contribution in [1.82, 2.24) is 0 Å².